The summed E-state index contributed by atoms with van der Waals surface area (Å²) in [6.45, 7) is 5.27. The van der Waals surface area contributed by atoms with Crippen molar-refractivity contribution in [2.45, 2.75) is 25.9 Å². The summed E-state index contributed by atoms with van der Waals surface area (Å²) in [5, 5.41) is 26.4. The quantitative estimate of drug-likeness (QED) is 0.533. The van der Waals surface area contributed by atoms with Gasteiger partial charge in [-0.2, -0.15) is 0 Å². The second kappa shape index (κ2) is 6.83. The van der Waals surface area contributed by atoms with Crippen molar-refractivity contribution >= 4 is 0 Å². The lowest BCUT2D eigenvalue weighted by atomic mass is 10.1. The van der Waals surface area contributed by atoms with Crippen molar-refractivity contribution in [1.29, 1.82) is 0 Å². The van der Waals surface area contributed by atoms with Crippen LogP contribution in [-0.2, 0) is 0 Å². The van der Waals surface area contributed by atoms with Crippen LogP contribution in [0.25, 0.3) is 0 Å². The Kier molecular flexibility index (Phi) is 6.49. The molecule has 3 N–H and O–H groups in total. The Balaban J connectivity index is 3.71. The van der Waals surface area contributed by atoms with Gasteiger partial charge in [0.2, 0.25) is 0 Å². The fourth-order valence-corrected chi connectivity index (χ4v) is 0.864. The summed E-state index contributed by atoms with van der Waals surface area (Å²) in [5.74, 6) is 0. The molecule has 3 nitrogen and oxygen atoms in total. The zero-order valence-electron chi connectivity index (χ0n) is 8.03. The molecule has 13 heavy (non-hydrogen) atoms. The fraction of sp³-hybridized carbons (Fsp3) is 0.600. The summed E-state index contributed by atoms with van der Waals surface area (Å²) in [5.41, 5.74) is 1.54. The van der Waals surface area contributed by atoms with Crippen LogP contribution in [0.3, 0.4) is 0 Å². The van der Waals surface area contributed by atoms with Gasteiger partial charge in [-0.3, -0.25) is 0 Å². The molecule has 3 heteroatoms. The van der Waals surface area contributed by atoms with E-state index in [2.05, 4.69) is 6.58 Å². The molecule has 0 radical (unpaired) electrons. The van der Waals surface area contributed by atoms with Gasteiger partial charge >= 0.3 is 0 Å². The number of allylic oxidation sites excluding steroid dienone is 1. The molecule has 1 atom stereocenters. The van der Waals surface area contributed by atoms with E-state index in [4.69, 9.17) is 15.3 Å². The molecule has 0 saturated carbocycles. The molecule has 0 fully saturated rings. The van der Waals surface area contributed by atoms with E-state index in [1.54, 1.807) is 0 Å². The maximum Gasteiger partial charge on any atom is 0.0978 e. The average Bonchev–Trinajstić information content (AvgIpc) is 2.15. The monoisotopic (exact) mass is 186 g/mol. The van der Waals surface area contributed by atoms with Crippen LogP contribution in [0.15, 0.2) is 23.8 Å². The number of rotatable bonds is 6. The molecular weight excluding hydrogens is 168 g/mol. The molecule has 0 rings (SSSR count). The molecule has 0 aromatic heterocycles. The Morgan fingerprint density at radius 3 is 2.54 bits per heavy atom. The Hall–Kier alpha value is -0.640. The van der Waals surface area contributed by atoms with Gasteiger partial charge in [-0.05, 0) is 25.3 Å². The van der Waals surface area contributed by atoms with Gasteiger partial charge in [0.15, 0.2) is 0 Å². The van der Waals surface area contributed by atoms with E-state index in [0.29, 0.717) is 12.0 Å². The minimum absolute atomic E-state index is 0.0645. The molecule has 0 saturated heterocycles. The van der Waals surface area contributed by atoms with Crippen LogP contribution in [-0.4, -0.2) is 34.6 Å². The second-order valence-corrected chi connectivity index (χ2v) is 3.10. The maximum atomic E-state index is 9.13. The lowest BCUT2D eigenvalue weighted by Gasteiger charge is -2.09. The van der Waals surface area contributed by atoms with Gasteiger partial charge in [0.25, 0.3) is 0 Å². The van der Waals surface area contributed by atoms with Crippen LogP contribution in [0.4, 0.5) is 0 Å². The third kappa shape index (κ3) is 5.58. The average molecular weight is 186 g/mol. The van der Waals surface area contributed by atoms with Crippen LogP contribution in [0, 0.1) is 0 Å². The summed E-state index contributed by atoms with van der Waals surface area (Å²) < 4.78 is 0. The highest BCUT2D eigenvalue weighted by molar-refractivity contribution is 5.05. The molecule has 1 unspecified atom stereocenters. The molecule has 0 aromatic rings. The van der Waals surface area contributed by atoms with Gasteiger partial charge in [-0.1, -0.05) is 18.2 Å². The van der Waals surface area contributed by atoms with Crippen molar-refractivity contribution in [3.05, 3.63) is 23.8 Å². The van der Waals surface area contributed by atoms with E-state index in [9.17, 15) is 0 Å². The summed E-state index contributed by atoms with van der Waals surface area (Å²) >= 11 is 0. The Bertz CT molecular complexity index is 185. The third-order valence-corrected chi connectivity index (χ3v) is 1.85. The lowest BCUT2D eigenvalue weighted by molar-refractivity contribution is 0.120. The summed E-state index contributed by atoms with van der Waals surface area (Å²) in [6, 6.07) is 0. The van der Waals surface area contributed by atoms with E-state index in [-0.39, 0.29) is 13.2 Å². The Morgan fingerprint density at radius 1 is 1.46 bits per heavy atom. The predicted molar refractivity (Wildman–Crippen MR) is 52.3 cm³/mol. The van der Waals surface area contributed by atoms with Crippen LogP contribution in [0.1, 0.15) is 19.8 Å². The van der Waals surface area contributed by atoms with E-state index in [0.717, 1.165) is 12.0 Å². The molecule has 76 valence electrons. The Morgan fingerprint density at radius 2 is 2.08 bits per heavy atom. The van der Waals surface area contributed by atoms with Gasteiger partial charge in [0.05, 0.1) is 19.3 Å². The van der Waals surface area contributed by atoms with Crippen LogP contribution in [0.5, 0.6) is 0 Å². The zero-order chi connectivity index (χ0) is 10.3. The minimum Gasteiger partial charge on any atom is -0.393 e. The smallest absolute Gasteiger partial charge is 0.0978 e. The molecule has 0 heterocycles. The van der Waals surface area contributed by atoms with Gasteiger partial charge in [-0.25, -0.2) is 0 Å². The van der Waals surface area contributed by atoms with Gasteiger partial charge in [0, 0.05) is 0 Å². The fourth-order valence-electron chi connectivity index (χ4n) is 0.864. The second-order valence-electron chi connectivity index (χ2n) is 3.10. The van der Waals surface area contributed by atoms with E-state index in [1.807, 2.05) is 13.0 Å². The number of aliphatic hydroxyl groups is 3. The van der Waals surface area contributed by atoms with E-state index < -0.39 is 6.10 Å². The van der Waals surface area contributed by atoms with Gasteiger partial charge in [0.1, 0.15) is 0 Å². The first-order valence-corrected chi connectivity index (χ1v) is 4.35. The molecule has 0 spiro atoms. The first kappa shape index (κ1) is 12.4. The number of hydrogen-bond acceptors (Lipinski definition) is 3. The maximum absolute atomic E-state index is 9.13. The molecule has 0 aromatic carbocycles. The molecule has 0 aliphatic rings. The van der Waals surface area contributed by atoms with Crippen LogP contribution < -0.4 is 0 Å². The molecule has 0 aliphatic heterocycles. The summed E-state index contributed by atoms with van der Waals surface area (Å²) in [4.78, 5) is 0. The summed E-state index contributed by atoms with van der Waals surface area (Å²) in [6.07, 6.45) is 2.46. The van der Waals surface area contributed by atoms with Crippen molar-refractivity contribution in [2.24, 2.45) is 0 Å². The van der Waals surface area contributed by atoms with Crippen molar-refractivity contribution in [1.82, 2.24) is 0 Å². The highest BCUT2D eigenvalue weighted by Crippen LogP contribution is 2.09. The largest absolute Gasteiger partial charge is 0.393 e. The van der Waals surface area contributed by atoms with Crippen molar-refractivity contribution in [3.63, 3.8) is 0 Å². The normalized spacial score (nSPS) is 14.3. The number of aliphatic hydroxyl groups excluding tert-OH is 3. The van der Waals surface area contributed by atoms with E-state index >= 15 is 0 Å². The molecule has 0 amide bonds. The van der Waals surface area contributed by atoms with Crippen LogP contribution >= 0.6 is 0 Å². The highest BCUT2D eigenvalue weighted by atomic mass is 16.3. The topological polar surface area (TPSA) is 60.7 Å². The van der Waals surface area contributed by atoms with Crippen molar-refractivity contribution in [3.8, 4) is 0 Å². The first-order valence-electron chi connectivity index (χ1n) is 4.35. The Labute approximate surface area is 79.0 Å². The van der Waals surface area contributed by atoms with Crippen molar-refractivity contribution in [2.75, 3.05) is 13.2 Å². The molecule has 0 aliphatic carbocycles. The third-order valence-electron chi connectivity index (χ3n) is 1.85. The molecule has 0 bridgehead atoms. The first-order chi connectivity index (χ1) is 6.11. The highest BCUT2D eigenvalue weighted by Gasteiger charge is 2.05. The van der Waals surface area contributed by atoms with E-state index in [1.165, 1.54) is 0 Å². The zero-order valence-corrected chi connectivity index (χ0v) is 8.03. The standard InChI is InChI=1S/C10H18O3/c1-8(6-11)4-3-5-9(2)10(13)7-12/h4,10-13H,2-3,5-7H2,1H3/b8-4+. The van der Waals surface area contributed by atoms with Crippen molar-refractivity contribution < 1.29 is 15.3 Å². The minimum atomic E-state index is -0.817. The molecular formula is C10H18O3. The number of hydrogen-bond donors (Lipinski definition) is 3. The summed E-state index contributed by atoms with van der Waals surface area (Å²) in [7, 11) is 0. The SMILES string of the molecule is C=C(CC/C=C(\C)CO)C(O)CO. The lowest BCUT2D eigenvalue weighted by Crippen LogP contribution is -2.14. The van der Waals surface area contributed by atoms with Gasteiger partial charge in [-0.15, -0.1) is 0 Å². The predicted octanol–water partition coefficient (Wildman–Crippen LogP) is 0.615. The van der Waals surface area contributed by atoms with Gasteiger partial charge < -0.3 is 15.3 Å². The van der Waals surface area contributed by atoms with Crippen LogP contribution in [0.2, 0.25) is 0 Å².